The summed E-state index contributed by atoms with van der Waals surface area (Å²) in [7, 11) is -3.32. The van der Waals surface area contributed by atoms with Crippen LogP contribution in [0.2, 0.25) is 0 Å². The number of hydrogen-bond donors (Lipinski definition) is 1. The summed E-state index contributed by atoms with van der Waals surface area (Å²) >= 11 is 11.3. The van der Waals surface area contributed by atoms with E-state index >= 15 is 0 Å². The molecule has 1 atom stereocenters. The molecule has 0 aliphatic heterocycles. The third-order valence-corrected chi connectivity index (χ3v) is 4.83. The molecule has 1 unspecified atom stereocenters. The zero-order chi connectivity index (χ0) is 15.6. The molecule has 0 saturated heterocycles. The van der Waals surface area contributed by atoms with Gasteiger partial charge >= 0.3 is 7.67 Å². The largest absolute Gasteiger partial charge is 0.340 e. The maximum absolute atomic E-state index is 12.3. The highest BCUT2D eigenvalue weighted by Gasteiger charge is 2.25. The third kappa shape index (κ3) is 7.46. The van der Waals surface area contributed by atoms with Gasteiger partial charge in [0.15, 0.2) is 0 Å². The number of alkyl halides is 2. The molecule has 1 rings (SSSR count). The molecule has 21 heavy (non-hydrogen) atoms. The van der Waals surface area contributed by atoms with Crippen molar-refractivity contribution in [2.45, 2.75) is 6.42 Å². The van der Waals surface area contributed by atoms with Gasteiger partial charge in [-0.25, -0.2) is 10.2 Å². The Morgan fingerprint density at radius 3 is 2.38 bits per heavy atom. The minimum Gasteiger partial charge on any atom is -0.306 e. The lowest BCUT2D eigenvalue weighted by Crippen LogP contribution is -2.29. The zero-order valence-corrected chi connectivity index (χ0v) is 14.2. The first-order valence-corrected chi connectivity index (χ1v) is 9.44. The van der Waals surface area contributed by atoms with Crippen LogP contribution in [0.15, 0.2) is 36.4 Å². The van der Waals surface area contributed by atoms with Gasteiger partial charge in [-0.05, 0) is 12.0 Å². The normalized spacial score (nSPS) is 14.7. The van der Waals surface area contributed by atoms with E-state index in [1.807, 2.05) is 42.5 Å². The van der Waals surface area contributed by atoms with Gasteiger partial charge in [0.25, 0.3) is 0 Å². The van der Waals surface area contributed by atoms with E-state index in [-0.39, 0.29) is 6.61 Å². The summed E-state index contributed by atoms with van der Waals surface area (Å²) in [5.41, 5.74) is 6.85. The zero-order valence-electron chi connectivity index (χ0n) is 11.8. The number of nitrogens with zero attached hydrogens (tertiary/aromatic N) is 1. The number of nitrogens with two attached hydrogens (primary N) is 1. The highest BCUT2D eigenvalue weighted by atomic mass is 35.5. The highest BCUT2D eigenvalue weighted by Crippen LogP contribution is 2.42. The van der Waals surface area contributed by atoms with E-state index in [2.05, 4.69) is 0 Å². The van der Waals surface area contributed by atoms with Crippen LogP contribution < -0.4 is 5.50 Å². The van der Waals surface area contributed by atoms with E-state index in [0.717, 1.165) is 5.56 Å². The predicted octanol–water partition coefficient (Wildman–Crippen LogP) is 3.95. The summed E-state index contributed by atoms with van der Waals surface area (Å²) in [5.74, 6) is 0.657. The van der Waals surface area contributed by atoms with Crippen molar-refractivity contribution in [1.29, 1.82) is 0 Å². The molecule has 0 aromatic heterocycles. The molecule has 2 N–H and O–H groups in total. The number of benzene rings is 1. The SMILES string of the molecule is NP(=O)(OCC/C=C/c1ccccc1)N(CCCl)CCCl. The molecule has 118 valence electrons. The first kappa shape index (κ1) is 18.7. The molecule has 0 heterocycles. The van der Waals surface area contributed by atoms with Crippen LogP contribution in [0.1, 0.15) is 12.0 Å². The second kappa shape index (κ2) is 10.4. The van der Waals surface area contributed by atoms with Crippen LogP contribution >= 0.6 is 30.9 Å². The maximum atomic E-state index is 12.3. The Morgan fingerprint density at radius 2 is 1.81 bits per heavy atom. The molecule has 1 aromatic rings. The molecular formula is C14H21Cl2N2O2P. The van der Waals surface area contributed by atoms with Crippen LogP contribution in [0.4, 0.5) is 0 Å². The molecule has 1 aromatic carbocycles. The first-order valence-electron chi connectivity index (χ1n) is 6.72. The summed E-state index contributed by atoms with van der Waals surface area (Å²) in [6, 6.07) is 9.93. The Bertz CT molecular complexity index is 465. The quantitative estimate of drug-likeness (QED) is 0.394. The van der Waals surface area contributed by atoms with Gasteiger partial charge in [0.2, 0.25) is 0 Å². The Morgan fingerprint density at radius 1 is 1.19 bits per heavy atom. The van der Waals surface area contributed by atoms with E-state index < -0.39 is 7.67 Å². The summed E-state index contributed by atoms with van der Waals surface area (Å²) in [6.45, 7) is 1.07. The van der Waals surface area contributed by atoms with Gasteiger partial charge in [0.1, 0.15) is 0 Å². The van der Waals surface area contributed by atoms with E-state index in [9.17, 15) is 4.57 Å². The molecule has 0 fully saturated rings. The summed E-state index contributed by atoms with van der Waals surface area (Å²) in [4.78, 5) is 0. The fourth-order valence-corrected chi connectivity index (χ4v) is 3.63. The fourth-order valence-electron chi connectivity index (χ4n) is 1.70. The van der Waals surface area contributed by atoms with Crippen LogP contribution in [-0.2, 0) is 9.09 Å². The summed E-state index contributed by atoms with van der Waals surface area (Å²) in [6.07, 6.45) is 4.58. The Labute approximate surface area is 136 Å². The number of rotatable bonds is 10. The Hall–Kier alpha value is -0.350. The predicted molar refractivity (Wildman–Crippen MR) is 90.9 cm³/mol. The molecule has 0 amide bonds. The van der Waals surface area contributed by atoms with E-state index in [1.54, 1.807) is 0 Å². The topological polar surface area (TPSA) is 55.6 Å². The molecule has 0 aliphatic rings. The van der Waals surface area contributed by atoms with Gasteiger partial charge in [-0.15, -0.1) is 23.2 Å². The average Bonchev–Trinajstić information content (AvgIpc) is 2.47. The van der Waals surface area contributed by atoms with Crippen LogP contribution in [0.25, 0.3) is 6.08 Å². The highest BCUT2D eigenvalue weighted by molar-refractivity contribution is 7.53. The monoisotopic (exact) mass is 350 g/mol. The van der Waals surface area contributed by atoms with E-state index in [0.29, 0.717) is 31.3 Å². The average molecular weight is 351 g/mol. The Kier molecular flexibility index (Phi) is 9.25. The smallest absolute Gasteiger partial charge is 0.306 e. The lowest BCUT2D eigenvalue weighted by atomic mass is 10.2. The van der Waals surface area contributed by atoms with Crippen molar-refractivity contribution in [3.8, 4) is 0 Å². The van der Waals surface area contributed by atoms with Crippen molar-refractivity contribution in [2.75, 3.05) is 31.5 Å². The number of halogens is 2. The summed E-state index contributed by atoms with van der Waals surface area (Å²) < 4.78 is 19.1. The second-order valence-corrected chi connectivity index (χ2v) is 7.04. The maximum Gasteiger partial charge on any atom is 0.340 e. The first-order chi connectivity index (χ1) is 10.1. The minimum absolute atomic E-state index is 0.290. The molecule has 0 aliphatic carbocycles. The Balaban J connectivity index is 2.39. The van der Waals surface area contributed by atoms with Crippen molar-refractivity contribution >= 4 is 36.9 Å². The standard InChI is InChI=1S/C14H21Cl2N2O2P/c15-9-11-18(12-10-16)21(17,19)20-13-5-4-8-14-6-2-1-3-7-14/h1-4,6-8H,5,9-13H2,(H2,17,19)/b8-4+. The molecule has 0 saturated carbocycles. The van der Waals surface area contributed by atoms with Crippen molar-refractivity contribution in [3.63, 3.8) is 0 Å². The molecule has 0 spiro atoms. The van der Waals surface area contributed by atoms with Gasteiger partial charge < -0.3 is 4.52 Å². The third-order valence-electron chi connectivity index (χ3n) is 2.75. The number of hydrogen-bond acceptors (Lipinski definition) is 2. The minimum atomic E-state index is -3.32. The van der Waals surface area contributed by atoms with Crippen molar-refractivity contribution in [1.82, 2.24) is 4.67 Å². The van der Waals surface area contributed by atoms with Gasteiger partial charge in [0, 0.05) is 24.8 Å². The van der Waals surface area contributed by atoms with Gasteiger partial charge in [0.05, 0.1) is 6.61 Å². The van der Waals surface area contributed by atoms with Crippen LogP contribution in [-0.4, -0.2) is 36.1 Å². The van der Waals surface area contributed by atoms with Gasteiger partial charge in [-0.1, -0.05) is 42.5 Å². The van der Waals surface area contributed by atoms with Crippen LogP contribution in [0, 0.1) is 0 Å². The fraction of sp³-hybridized carbons (Fsp3) is 0.429. The molecule has 0 radical (unpaired) electrons. The molecule has 4 nitrogen and oxygen atoms in total. The molecule has 0 bridgehead atoms. The lowest BCUT2D eigenvalue weighted by Gasteiger charge is -2.26. The molecular weight excluding hydrogens is 330 g/mol. The lowest BCUT2D eigenvalue weighted by molar-refractivity contribution is 0.270. The summed E-state index contributed by atoms with van der Waals surface area (Å²) in [5, 5.41) is 0. The van der Waals surface area contributed by atoms with Crippen LogP contribution in [0.3, 0.4) is 0 Å². The van der Waals surface area contributed by atoms with E-state index in [4.69, 9.17) is 33.2 Å². The van der Waals surface area contributed by atoms with Crippen molar-refractivity contribution in [2.24, 2.45) is 5.50 Å². The van der Waals surface area contributed by atoms with Gasteiger partial charge in [-0.2, -0.15) is 0 Å². The molecule has 7 heteroatoms. The second-order valence-electron chi connectivity index (χ2n) is 4.33. The van der Waals surface area contributed by atoms with Crippen molar-refractivity contribution in [3.05, 3.63) is 42.0 Å². The van der Waals surface area contributed by atoms with Crippen LogP contribution in [0.5, 0.6) is 0 Å². The van der Waals surface area contributed by atoms with Gasteiger partial charge in [-0.3, -0.25) is 4.57 Å². The van der Waals surface area contributed by atoms with Crippen molar-refractivity contribution < 1.29 is 9.09 Å². The van der Waals surface area contributed by atoms with E-state index in [1.165, 1.54) is 4.67 Å².